The van der Waals surface area contributed by atoms with Gasteiger partial charge in [0, 0.05) is 12.2 Å². The van der Waals surface area contributed by atoms with E-state index in [0.717, 1.165) is 12.7 Å². The van der Waals surface area contributed by atoms with Gasteiger partial charge in [0.2, 0.25) is 0 Å². The molecule has 0 saturated heterocycles. The van der Waals surface area contributed by atoms with E-state index in [2.05, 4.69) is 29.6 Å². The predicted octanol–water partition coefficient (Wildman–Crippen LogP) is 3.30. The van der Waals surface area contributed by atoms with Gasteiger partial charge >= 0.3 is 0 Å². The minimum atomic E-state index is -3.29. The number of aliphatic hydroxyl groups excluding tert-OH is 2. The van der Waals surface area contributed by atoms with Crippen molar-refractivity contribution >= 4 is 9.84 Å². The van der Waals surface area contributed by atoms with Crippen LogP contribution in [0.2, 0.25) is 0 Å². The molecule has 0 unspecified atom stereocenters. The number of hydrogen-bond donors (Lipinski definition) is 3. The van der Waals surface area contributed by atoms with Crippen LogP contribution in [-0.2, 0) is 9.84 Å². The summed E-state index contributed by atoms with van der Waals surface area (Å²) >= 11 is 0. The Bertz CT molecular complexity index is 998. The van der Waals surface area contributed by atoms with E-state index in [-0.39, 0.29) is 17.4 Å². The van der Waals surface area contributed by atoms with Crippen molar-refractivity contribution in [2.45, 2.75) is 29.4 Å². The summed E-state index contributed by atoms with van der Waals surface area (Å²) in [5, 5.41) is 23.8. The van der Waals surface area contributed by atoms with Crippen molar-refractivity contribution in [3.63, 3.8) is 0 Å². The zero-order valence-corrected chi connectivity index (χ0v) is 18.4. The zero-order valence-electron chi connectivity index (χ0n) is 17.6. The lowest BCUT2D eigenvalue weighted by molar-refractivity contribution is 0.0898. The van der Waals surface area contributed by atoms with Gasteiger partial charge in [-0.1, -0.05) is 72.8 Å². The van der Waals surface area contributed by atoms with Gasteiger partial charge in [-0.2, -0.15) is 0 Å². The van der Waals surface area contributed by atoms with E-state index in [1.54, 1.807) is 12.1 Å². The van der Waals surface area contributed by atoms with Crippen LogP contribution in [-0.4, -0.2) is 44.1 Å². The van der Waals surface area contributed by atoms with E-state index in [0.29, 0.717) is 12.1 Å². The SMILES string of the molecule is CS(=O)(=O)c1ccc([C@@H](O)[C@@H](CO)NCCC(c2ccccc2)c2ccccc2)cc1. The molecule has 3 N–H and O–H groups in total. The number of hydrogen-bond acceptors (Lipinski definition) is 5. The second-order valence-electron chi connectivity index (χ2n) is 7.69. The van der Waals surface area contributed by atoms with Gasteiger partial charge in [-0.15, -0.1) is 0 Å². The van der Waals surface area contributed by atoms with Crippen LogP contribution in [0, 0.1) is 0 Å². The van der Waals surface area contributed by atoms with E-state index in [1.807, 2.05) is 36.4 Å². The first-order valence-corrected chi connectivity index (χ1v) is 12.2. The topological polar surface area (TPSA) is 86.6 Å². The van der Waals surface area contributed by atoms with Gasteiger partial charge in [0.25, 0.3) is 0 Å². The van der Waals surface area contributed by atoms with Crippen molar-refractivity contribution in [2.24, 2.45) is 0 Å². The maximum absolute atomic E-state index is 11.6. The van der Waals surface area contributed by atoms with E-state index >= 15 is 0 Å². The highest BCUT2D eigenvalue weighted by Gasteiger charge is 2.21. The van der Waals surface area contributed by atoms with Gasteiger partial charge in [-0.25, -0.2) is 8.42 Å². The van der Waals surface area contributed by atoms with Crippen LogP contribution in [0.3, 0.4) is 0 Å². The van der Waals surface area contributed by atoms with E-state index < -0.39 is 22.0 Å². The summed E-state index contributed by atoms with van der Waals surface area (Å²) in [5.41, 5.74) is 2.99. The van der Waals surface area contributed by atoms with Crippen LogP contribution >= 0.6 is 0 Å². The quantitative estimate of drug-likeness (QED) is 0.451. The van der Waals surface area contributed by atoms with Crippen molar-refractivity contribution in [3.05, 3.63) is 102 Å². The van der Waals surface area contributed by atoms with Crippen molar-refractivity contribution in [2.75, 3.05) is 19.4 Å². The Labute approximate surface area is 184 Å². The molecule has 164 valence electrons. The molecule has 3 aromatic rings. The lowest BCUT2D eigenvalue weighted by atomic mass is 9.88. The van der Waals surface area contributed by atoms with Crippen molar-refractivity contribution < 1.29 is 18.6 Å². The van der Waals surface area contributed by atoms with Crippen LogP contribution in [0.25, 0.3) is 0 Å². The largest absolute Gasteiger partial charge is 0.395 e. The molecule has 0 saturated carbocycles. The third-order valence-corrected chi connectivity index (χ3v) is 6.60. The molecule has 6 heteroatoms. The normalized spacial score (nSPS) is 13.8. The van der Waals surface area contributed by atoms with Gasteiger partial charge < -0.3 is 15.5 Å². The van der Waals surface area contributed by atoms with Crippen molar-refractivity contribution in [1.82, 2.24) is 5.32 Å². The molecule has 0 aromatic heterocycles. The highest BCUT2D eigenvalue weighted by molar-refractivity contribution is 7.90. The molecule has 0 spiro atoms. The van der Waals surface area contributed by atoms with Gasteiger partial charge in [0.1, 0.15) is 0 Å². The van der Waals surface area contributed by atoms with Gasteiger partial charge in [-0.3, -0.25) is 0 Å². The zero-order chi connectivity index (χ0) is 22.3. The molecule has 0 aliphatic rings. The highest BCUT2D eigenvalue weighted by Crippen LogP contribution is 2.28. The molecule has 31 heavy (non-hydrogen) atoms. The predicted molar refractivity (Wildman–Crippen MR) is 123 cm³/mol. The minimum Gasteiger partial charge on any atom is -0.395 e. The Morgan fingerprint density at radius 1 is 0.806 bits per heavy atom. The number of aliphatic hydroxyl groups is 2. The third kappa shape index (κ3) is 6.24. The first-order valence-electron chi connectivity index (χ1n) is 10.3. The Morgan fingerprint density at radius 3 is 1.77 bits per heavy atom. The number of rotatable bonds is 10. The van der Waals surface area contributed by atoms with E-state index in [4.69, 9.17) is 0 Å². The lowest BCUT2D eigenvalue weighted by Gasteiger charge is -2.25. The molecule has 0 aliphatic heterocycles. The summed E-state index contributed by atoms with van der Waals surface area (Å²) in [5.74, 6) is 0.195. The van der Waals surface area contributed by atoms with Crippen LogP contribution in [0.15, 0.2) is 89.8 Å². The second kappa shape index (κ2) is 10.7. The number of sulfone groups is 1. The summed E-state index contributed by atoms with van der Waals surface area (Å²) in [6.07, 6.45) is 0.988. The molecule has 3 aromatic carbocycles. The molecular weight excluding hydrogens is 410 g/mol. The lowest BCUT2D eigenvalue weighted by Crippen LogP contribution is -2.39. The van der Waals surface area contributed by atoms with E-state index in [1.165, 1.54) is 23.3 Å². The van der Waals surface area contributed by atoms with Crippen LogP contribution in [0.1, 0.15) is 35.1 Å². The Balaban J connectivity index is 1.67. The summed E-state index contributed by atoms with van der Waals surface area (Å²) in [6, 6.07) is 26.1. The molecule has 0 bridgehead atoms. The summed E-state index contributed by atoms with van der Waals surface area (Å²) in [6.45, 7) is 0.356. The first-order chi connectivity index (χ1) is 14.9. The summed E-state index contributed by atoms with van der Waals surface area (Å²) in [4.78, 5) is 0.200. The fourth-order valence-electron chi connectivity index (χ4n) is 3.73. The maximum atomic E-state index is 11.6. The molecule has 3 rings (SSSR count). The Kier molecular flexibility index (Phi) is 7.98. The Morgan fingerprint density at radius 2 is 1.32 bits per heavy atom. The molecule has 0 aliphatic carbocycles. The number of benzene rings is 3. The first kappa shape index (κ1) is 23.2. The van der Waals surface area contributed by atoms with Crippen molar-refractivity contribution in [3.8, 4) is 0 Å². The van der Waals surface area contributed by atoms with Crippen LogP contribution in [0.5, 0.6) is 0 Å². The van der Waals surface area contributed by atoms with Crippen LogP contribution in [0.4, 0.5) is 0 Å². The smallest absolute Gasteiger partial charge is 0.175 e. The summed E-state index contributed by atoms with van der Waals surface area (Å²) < 4.78 is 23.3. The second-order valence-corrected chi connectivity index (χ2v) is 9.71. The maximum Gasteiger partial charge on any atom is 0.175 e. The standard InChI is InChI=1S/C25H29NO4S/c1-31(29,30)22-14-12-21(13-15-22)25(28)24(18-27)26-17-16-23(19-8-4-2-5-9-19)20-10-6-3-7-11-20/h2-15,23-28H,16-18H2,1H3/t24-,25-/m1/s1. The average Bonchev–Trinajstić information content (AvgIpc) is 2.79. The average molecular weight is 440 g/mol. The summed E-state index contributed by atoms with van der Waals surface area (Å²) in [7, 11) is -3.29. The molecule has 2 atom stereocenters. The van der Waals surface area contributed by atoms with Gasteiger partial charge in [0.15, 0.2) is 9.84 Å². The molecule has 0 radical (unpaired) electrons. The fourth-order valence-corrected chi connectivity index (χ4v) is 4.36. The third-order valence-electron chi connectivity index (χ3n) is 5.47. The molecule has 0 heterocycles. The monoisotopic (exact) mass is 439 g/mol. The molecule has 5 nitrogen and oxygen atoms in total. The Hall–Kier alpha value is -2.51. The fraction of sp³-hybridized carbons (Fsp3) is 0.280. The minimum absolute atomic E-state index is 0.195. The highest BCUT2D eigenvalue weighted by atomic mass is 32.2. The van der Waals surface area contributed by atoms with Crippen molar-refractivity contribution in [1.29, 1.82) is 0 Å². The molecule has 0 fully saturated rings. The molecule has 0 amide bonds. The molecular formula is C25H29NO4S. The number of nitrogens with one attached hydrogen (secondary N) is 1. The van der Waals surface area contributed by atoms with Crippen LogP contribution < -0.4 is 5.32 Å². The van der Waals surface area contributed by atoms with Gasteiger partial charge in [-0.05, 0) is 41.8 Å². The van der Waals surface area contributed by atoms with E-state index in [9.17, 15) is 18.6 Å². The van der Waals surface area contributed by atoms with Gasteiger partial charge in [0.05, 0.1) is 23.6 Å².